The van der Waals surface area contributed by atoms with Crippen molar-refractivity contribution in [3.63, 3.8) is 0 Å². The van der Waals surface area contributed by atoms with Gasteiger partial charge in [-0.1, -0.05) is 37.3 Å². The van der Waals surface area contributed by atoms with E-state index in [-0.39, 0.29) is 11.8 Å². The van der Waals surface area contributed by atoms with Crippen LogP contribution < -0.4 is 5.32 Å². The second-order valence-corrected chi connectivity index (χ2v) is 6.41. The molecule has 0 aliphatic rings. The van der Waals surface area contributed by atoms with Gasteiger partial charge in [0.2, 0.25) is 5.91 Å². The van der Waals surface area contributed by atoms with Crippen molar-refractivity contribution in [1.82, 2.24) is 9.97 Å². The first-order valence-electron chi connectivity index (χ1n) is 7.84. The van der Waals surface area contributed by atoms with E-state index in [4.69, 9.17) is 0 Å². The van der Waals surface area contributed by atoms with Crippen molar-refractivity contribution in [2.75, 3.05) is 5.32 Å². The first-order valence-corrected chi connectivity index (χ1v) is 8.65. The number of thiazole rings is 1. The summed E-state index contributed by atoms with van der Waals surface area (Å²) >= 11 is 1.56. The lowest BCUT2D eigenvalue weighted by Gasteiger charge is -2.13. The molecule has 0 unspecified atom stereocenters. The van der Waals surface area contributed by atoms with Gasteiger partial charge in [0.15, 0.2) is 0 Å². The summed E-state index contributed by atoms with van der Waals surface area (Å²) in [4.78, 5) is 22.1. The summed E-state index contributed by atoms with van der Waals surface area (Å²) in [7, 11) is 0. The van der Waals surface area contributed by atoms with Gasteiger partial charge in [-0.15, -0.1) is 0 Å². The van der Waals surface area contributed by atoms with Crippen LogP contribution in [-0.4, -0.2) is 15.9 Å². The number of nitrogens with one attached hydrogen (secondary N) is 1. The number of hydrogen-bond donors (Lipinski definition) is 1. The van der Waals surface area contributed by atoms with Crippen LogP contribution in [0.1, 0.15) is 26.7 Å². The maximum atomic E-state index is 12.2. The molecule has 0 radical (unpaired) electrons. The zero-order valence-electron chi connectivity index (χ0n) is 13.2. The number of aromatic nitrogens is 2. The van der Waals surface area contributed by atoms with E-state index in [2.05, 4.69) is 15.3 Å². The van der Waals surface area contributed by atoms with Crippen molar-refractivity contribution >= 4 is 33.3 Å². The van der Waals surface area contributed by atoms with Crippen LogP contribution in [0.2, 0.25) is 0 Å². The second-order valence-electron chi connectivity index (χ2n) is 5.43. The molecule has 0 aliphatic carbocycles. The molecule has 0 saturated carbocycles. The van der Waals surface area contributed by atoms with Gasteiger partial charge in [0.05, 0.1) is 0 Å². The minimum atomic E-state index is 0.0605. The molecule has 2 aromatic heterocycles. The van der Waals surface area contributed by atoms with Crippen LogP contribution in [0.4, 0.5) is 5.69 Å². The summed E-state index contributed by atoms with van der Waals surface area (Å²) in [6, 6.07) is 11.7. The van der Waals surface area contributed by atoms with Gasteiger partial charge in [0.1, 0.15) is 15.4 Å². The quantitative estimate of drug-likeness (QED) is 0.737. The van der Waals surface area contributed by atoms with Crippen molar-refractivity contribution in [2.24, 2.45) is 5.92 Å². The second kappa shape index (κ2) is 6.87. The number of amides is 1. The predicted octanol–water partition coefficient (Wildman–Crippen LogP) is 4.73. The largest absolute Gasteiger partial charge is 0.326 e. The predicted molar refractivity (Wildman–Crippen MR) is 95.6 cm³/mol. The van der Waals surface area contributed by atoms with E-state index in [1.54, 1.807) is 17.5 Å². The van der Waals surface area contributed by atoms with Gasteiger partial charge in [0.25, 0.3) is 0 Å². The monoisotopic (exact) mass is 325 g/mol. The summed E-state index contributed by atoms with van der Waals surface area (Å²) in [5.74, 6) is 0.142. The molecule has 5 heteroatoms. The number of carbonyl (C=O) groups excluding carboxylic acids is 1. The molecule has 0 saturated heterocycles. The highest BCUT2D eigenvalue weighted by molar-refractivity contribution is 7.21. The van der Waals surface area contributed by atoms with Crippen LogP contribution in [0, 0.1) is 5.92 Å². The topological polar surface area (TPSA) is 54.9 Å². The molecule has 1 N–H and O–H groups in total. The minimum absolute atomic E-state index is 0.0605. The highest BCUT2D eigenvalue weighted by Crippen LogP contribution is 2.30. The Labute approximate surface area is 139 Å². The van der Waals surface area contributed by atoms with E-state index in [9.17, 15) is 4.79 Å². The molecule has 1 amide bonds. The fourth-order valence-electron chi connectivity index (χ4n) is 2.53. The lowest BCUT2D eigenvalue weighted by Crippen LogP contribution is -2.21. The van der Waals surface area contributed by atoms with Crippen LogP contribution >= 0.6 is 11.3 Å². The maximum absolute atomic E-state index is 12.2. The Balaban J connectivity index is 1.86. The Morgan fingerprint density at radius 2 is 2.04 bits per heavy atom. The van der Waals surface area contributed by atoms with Crippen molar-refractivity contribution in [2.45, 2.75) is 26.7 Å². The lowest BCUT2D eigenvalue weighted by molar-refractivity contribution is -0.120. The summed E-state index contributed by atoms with van der Waals surface area (Å²) in [6.45, 7) is 4.08. The number of anilines is 1. The van der Waals surface area contributed by atoms with Crippen LogP contribution in [0.5, 0.6) is 0 Å². The molecule has 0 bridgehead atoms. The molecule has 3 aromatic rings. The van der Waals surface area contributed by atoms with Gasteiger partial charge in [0, 0.05) is 23.4 Å². The average Bonchev–Trinajstić information content (AvgIpc) is 3.00. The normalized spacial score (nSPS) is 11.1. The molecule has 118 valence electrons. The molecular formula is C18H19N3OS. The van der Waals surface area contributed by atoms with Gasteiger partial charge < -0.3 is 5.32 Å². The minimum Gasteiger partial charge on any atom is -0.326 e. The summed E-state index contributed by atoms with van der Waals surface area (Å²) in [6.07, 6.45) is 3.48. The molecule has 2 heterocycles. The number of fused-ring (bicyclic) bond motifs is 1. The molecule has 0 atom stereocenters. The van der Waals surface area contributed by atoms with Gasteiger partial charge in [-0.3, -0.25) is 4.79 Å². The third-order valence-electron chi connectivity index (χ3n) is 3.90. The van der Waals surface area contributed by atoms with Crippen LogP contribution in [-0.2, 0) is 4.79 Å². The lowest BCUT2D eigenvalue weighted by atomic mass is 10.0. The molecule has 23 heavy (non-hydrogen) atoms. The number of carbonyl (C=O) groups is 1. The van der Waals surface area contributed by atoms with Crippen LogP contribution in [0.15, 0.2) is 42.6 Å². The summed E-state index contributed by atoms with van der Waals surface area (Å²) < 4.78 is 0. The Hall–Kier alpha value is -2.27. The van der Waals surface area contributed by atoms with E-state index >= 15 is 0 Å². The molecule has 0 aliphatic heterocycles. The fraction of sp³-hybridized carbons (Fsp3) is 0.278. The molecule has 3 rings (SSSR count). The van der Waals surface area contributed by atoms with Gasteiger partial charge in [-0.05, 0) is 37.1 Å². The molecule has 1 aromatic carbocycles. The molecule has 4 nitrogen and oxygen atoms in total. The first kappa shape index (κ1) is 15.6. The first-order chi connectivity index (χ1) is 11.2. The van der Waals surface area contributed by atoms with Crippen LogP contribution in [0.25, 0.3) is 20.9 Å². The van der Waals surface area contributed by atoms with E-state index < -0.39 is 0 Å². The van der Waals surface area contributed by atoms with E-state index in [1.807, 2.05) is 50.2 Å². The number of hydrogen-bond acceptors (Lipinski definition) is 4. The molecule has 0 fully saturated rings. The van der Waals surface area contributed by atoms with E-state index in [0.29, 0.717) is 0 Å². The summed E-state index contributed by atoms with van der Waals surface area (Å²) in [5.41, 5.74) is 2.71. The number of pyridine rings is 1. The molecule has 0 spiro atoms. The third kappa shape index (κ3) is 3.40. The Morgan fingerprint density at radius 3 is 2.78 bits per heavy atom. The third-order valence-corrected chi connectivity index (χ3v) is 4.93. The highest BCUT2D eigenvalue weighted by atomic mass is 32.1. The number of benzene rings is 1. The number of nitrogens with zero attached hydrogens (tertiary/aromatic N) is 2. The molecular weight excluding hydrogens is 306 g/mol. The smallest absolute Gasteiger partial charge is 0.227 e. The van der Waals surface area contributed by atoms with E-state index in [1.165, 1.54) is 0 Å². The fourth-order valence-corrected chi connectivity index (χ4v) is 3.43. The number of rotatable bonds is 5. The van der Waals surface area contributed by atoms with Crippen molar-refractivity contribution in [3.05, 3.63) is 42.6 Å². The van der Waals surface area contributed by atoms with Crippen molar-refractivity contribution < 1.29 is 4.79 Å². The van der Waals surface area contributed by atoms with Gasteiger partial charge >= 0.3 is 0 Å². The Kier molecular flexibility index (Phi) is 4.67. The Bertz CT molecular complexity index is 791. The average molecular weight is 325 g/mol. The van der Waals surface area contributed by atoms with Crippen LogP contribution in [0.3, 0.4) is 0 Å². The maximum Gasteiger partial charge on any atom is 0.227 e. The standard InChI is InChI=1S/C18H19N3OS/c1-3-12(4-2)16(22)20-14-8-5-7-13(11-14)17-21-15-9-6-10-19-18(15)23-17/h5-12H,3-4H2,1-2H3,(H,20,22). The van der Waals surface area contributed by atoms with Crippen molar-refractivity contribution in [3.8, 4) is 10.6 Å². The van der Waals surface area contributed by atoms with Gasteiger partial charge in [-0.2, -0.15) is 0 Å². The van der Waals surface area contributed by atoms with Gasteiger partial charge in [-0.25, -0.2) is 9.97 Å². The highest BCUT2D eigenvalue weighted by Gasteiger charge is 2.14. The summed E-state index contributed by atoms with van der Waals surface area (Å²) in [5, 5.41) is 3.92. The zero-order chi connectivity index (χ0) is 16.2. The zero-order valence-corrected chi connectivity index (χ0v) is 14.1. The Morgan fingerprint density at radius 1 is 1.22 bits per heavy atom. The van der Waals surface area contributed by atoms with E-state index in [0.717, 1.165) is 39.4 Å². The van der Waals surface area contributed by atoms with Crippen molar-refractivity contribution in [1.29, 1.82) is 0 Å². The SMILES string of the molecule is CCC(CC)C(=O)Nc1cccc(-c2nc3cccnc3s2)c1.